The highest BCUT2D eigenvalue weighted by Gasteiger charge is 2.53. The summed E-state index contributed by atoms with van der Waals surface area (Å²) >= 11 is 0. The summed E-state index contributed by atoms with van der Waals surface area (Å²) in [6.45, 7) is 4.28. The molecule has 5 nitrogen and oxygen atoms in total. The standard InChI is InChI=1S/C17H22N2O3/c1-12-8-14(12)16(20)19-10-17(11-19)9-13(5-7-21-17)22-15-4-2-3-6-18-15/h2-4,6,12-14H,5,7-11H2,1H3/t12-,13-,14+/m1/s1. The van der Waals surface area contributed by atoms with E-state index in [4.69, 9.17) is 9.47 Å². The van der Waals surface area contributed by atoms with E-state index in [1.807, 2.05) is 23.1 Å². The zero-order valence-electron chi connectivity index (χ0n) is 12.9. The van der Waals surface area contributed by atoms with Crippen molar-refractivity contribution >= 4 is 5.91 Å². The van der Waals surface area contributed by atoms with Crippen molar-refractivity contribution in [2.45, 2.75) is 37.9 Å². The second kappa shape index (κ2) is 5.23. The normalized spacial score (nSPS) is 32.4. The van der Waals surface area contributed by atoms with Gasteiger partial charge in [-0.3, -0.25) is 4.79 Å². The first kappa shape index (κ1) is 14.0. The van der Waals surface area contributed by atoms with Crippen molar-refractivity contribution < 1.29 is 14.3 Å². The van der Waals surface area contributed by atoms with Crippen molar-refractivity contribution in [3.63, 3.8) is 0 Å². The number of pyridine rings is 1. The van der Waals surface area contributed by atoms with Gasteiger partial charge in [0.1, 0.15) is 11.7 Å². The molecule has 1 amide bonds. The van der Waals surface area contributed by atoms with Gasteiger partial charge in [-0.05, 0) is 18.4 Å². The molecule has 4 rings (SSSR count). The van der Waals surface area contributed by atoms with Gasteiger partial charge in [0.05, 0.1) is 19.7 Å². The van der Waals surface area contributed by atoms with Crippen LogP contribution < -0.4 is 4.74 Å². The third-order valence-corrected chi connectivity index (χ3v) is 5.07. The third kappa shape index (κ3) is 2.58. The van der Waals surface area contributed by atoms with E-state index in [9.17, 15) is 4.79 Å². The summed E-state index contributed by atoms with van der Waals surface area (Å²) in [7, 11) is 0. The van der Waals surface area contributed by atoms with E-state index in [-0.39, 0.29) is 17.6 Å². The molecule has 3 fully saturated rings. The summed E-state index contributed by atoms with van der Waals surface area (Å²) in [5, 5.41) is 0. The average molecular weight is 302 g/mol. The summed E-state index contributed by atoms with van der Waals surface area (Å²) in [6, 6.07) is 5.69. The summed E-state index contributed by atoms with van der Waals surface area (Å²) in [5.74, 6) is 1.82. The maximum Gasteiger partial charge on any atom is 0.226 e. The summed E-state index contributed by atoms with van der Waals surface area (Å²) in [4.78, 5) is 18.4. The van der Waals surface area contributed by atoms with Gasteiger partial charge in [0.15, 0.2) is 0 Å². The topological polar surface area (TPSA) is 51.7 Å². The van der Waals surface area contributed by atoms with E-state index >= 15 is 0 Å². The molecule has 3 atom stereocenters. The SMILES string of the molecule is C[C@@H]1C[C@@H]1C(=O)N1CC2(C[C@H](Oc3ccccn3)CCO2)C1. The summed E-state index contributed by atoms with van der Waals surface area (Å²) in [6.07, 6.45) is 4.64. The van der Waals surface area contributed by atoms with Crippen LogP contribution in [0.2, 0.25) is 0 Å². The lowest BCUT2D eigenvalue weighted by molar-refractivity contribution is -0.194. The van der Waals surface area contributed by atoms with Crippen molar-refractivity contribution in [1.29, 1.82) is 0 Å². The molecule has 1 aromatic heterocycles. The Bertz CT molecular complexity index is 556. The molecule has 5 heteroatoms. The number of nitrogens with zero attached hydrogens (tertiary/aromatic N) is 2. The number of carbonyl (C=O) groups excluding carboxylic acids is 1. The Labute approximate surface area is 130 Å². The van der Waals surface area contributed by atoms with Crippen LogP contribution in [0.5, 0.6) is 5.88 Å². The Balaban J connectivity index is 1.33. The van der Waals surface area contributed by atoms with Crippen LogP contribution in [0, 0.1) is 11.8 Å². The molecule has 3 heterocycles. The van der Waals surface area contributed by atoms with E-state index in [2.05, 4.69) is 11.9 Å². The van der Waals surface area contributed by atoms with Gasteiger partial charge in [0.2, 0.25) is 11.8 Å². The zero-order chi connectivity index (χ0) is 15.2. The number of aromatic nitrogens is 1. The molecule has 0 aromatic carbocycles. The molecule has 2 saturated heterocycles. The van der Waals surface area contributed by atoms with Gasteiger partial charge in [0.25, 0.3) is 0 Å². The highest BCUT2D eigenvalue weighted by atomic mass is 16.5. The highest BCUT2D eigenvalue weighted by Crippen LogP contribution is 2.43. The van der Waals surface area contributed by atoms with Crippen molar-refractivity contribution in [3.05, 3.63) is 24.4 Å². The molecule has 0 N–H and O–H groups in total. The molecule has 1 aromatic rings. The molecule has 1 spiro atoms. The van der Waals surface area contributed by atoms with E-state index in [0.29, 0.717) is 24.3 Å². The largest absolute Gasteiger partial charge is 0.474 e. The predicted octanol–water partition coefficient (Wildman–Crippen LogP) is 1.88. The molecule has 0 unspecified atom stereocenters. The number of ether oxygens (including phenoxy) is 2. The van der Waals surface area contributed by atoms with Gasteiger partial charge < -0.3 is 14.4 Å². The fourth-order valence-electron chi connectivity index (χ4n) is 3.60. The molecule has 2 aliphatic heterocycles. The first-order valence-electron chi connectivity index (χ1n) is 8.16. The number of hydrogen-bond donors (Lipinski definition) is 0. The molecule has 22 heavy (non-hydrogen) atoms. The highest BCUT2D eigenvalue weighted by molar-refractivity contribution is 5.82. The van der Waals surface area contributed by atoms with Crippen LogP contribution in [0.4, 0.5) is 0 Å². The summed E-state index contributed by atoms with van der Waals surface area (Å²) in [5.41, 5.74) is -0.189. The van der Waals surface area contributed by atoms with E-state index < -0.39 is 0 Å². The van der Waals surface area contributed by atoms with Crippen LogP contribution in [0.15, 0.2) is 24.4 Å². The Hall–Kier alpha value is -1.62. The van der Waals surface area contributed by atoms with Gasteiger partial charge in [-0.1, -0.05) is 13.0 Å². The molecule has 0 bridgehead atoms. The maximum atomic E-state index is 12.2. The molecule has 0 radical (unpaired) electrons. The van der Waals surface area contributed by atoms with Crippen LogP contribution in [0.1, 0.15) is 26.2 Å². The number of carbonyl (C=O) groups is 1. The third-order valence-electron chi connectivity index (χ3n) is 5.07. The van der Waals surface area contributed by atoms with E-state index in [1.165, 1.54) is 0 Å². The van der Waals surface area contributed by atoms with Crippen LogP contribution in [-0.2, 0) is 9.53 Å². The molecule has 1 saturated carbocycles. The van der Waals surface area contributed by atoms with Crippen LogP contribution >= 0.6 is 0 Å². The number of rotatable bonds is 3. The van der Waals surface area contributed by atoms with Crippen LogP contribution in [0.25, 0.3) is 0 Å². The fourth-order valence-corrected chi connectivity index (χ4v) is 3.60. The quantitative estimate of drug-likeness (QED) is 0.855. The Morgan fingerprint density at radius 1 is 1.45 bits per heavy atom. The second-order valence-corrected chi connectivity index (χ2v) is 6.95. The second-order valence-electron chi connectivity index (χ2n) is 6.95. The van der Waals surface area contributed by atoms with Crippen molar-refractivity contribution in [1.82, 2.24) is 9.88 Å². The minimum absolute atomic E-state index is 0.126. The Morgan fingerprint density at radius 3 is 2.95 bits per heavy atom. The van der Waals surface area contributed by atoms with Gasteiger partial charge in [0, 0.05) is 31.0 Å². The van der Waals surface area contributed by atoms with Crippen molar-refractivity contribution in [2.24, 2.45) is 11.8 Å². The minimum Gasteiger partial charge on any atom is -0.474 e. The molecular formula is C17H22N2O3. The van der Waals surface area contributed by atoms with E-state index in [0.717, 1.165) is 32.4 Å². The first-order chi connectivity index (χ1) is 10.7. The van der Waals surface area contributed by atoms with Gasteiger partial charge >= 0.3 is 0 Å². The monoisotopic (exact) mass is 302 g/mol. The number of likely N-dealkylation sites (tertiary alicyclic amines) is 1. The molecule has 118 valence electrons. The Morgan fingerprint density at radius 2 is 2.27 bits per heavy atom. The minimum atomic E-state index is -0.189. The van der Waals surface area contributed by atoms with Crippen molar-refractivity contribution in [3.8, 4) is 5.88 Å². The number of hydrogen-bond acceptors (Lipinski definition) is 4. The number of amides is 1. The van der Waals surface area contributed by atoms with E-state index in [1.54, 1.807) is 6.20 Å². The summed E-state index contributed by atoms with van der Waals surface area (Å²) < 4.78 is 11.9. The van der Waals surface area contributed by atoms with Crippen LogP contribution in [0.3, 0.4) is 0 Å². The zero-order valence-corrected chi connectivity index (χ0v) is 12.9. The first-order valence-corrected chi connectivity index (χ1v) is 8.16. The lowest BCUT2D eigenvalue weighted by Gasteiger charge is -2.53. The molecule has 3 aliphatic rings. The van der Waals surface area contributed by atoms with Crippen LogP contribution in [-0.4, -0.2) is 47.2 Å². The predicted molar refractivity (Wildman–Crippen MR) is 80.4 cm³/mol. The van der Waals surface area contributed by atoms with Gasteiger partial charge in [-0.25, -0.2) is 4.98 Å². The smallest absolute Gasteiger partial charge is 0.226 e. The molecule has 1 aliphatic carbocycles. The van der Waals surface area contributed by atoms with Gasteiger partial charge in [-0.2, -0.15) is 0 Å². The fraction of sp³-hybridized carbons (Fsp3) is 0.647. The lowest BCUT2D eigenvalue weighted by Crippen LogP contribution is -2.67. The van der Waals surface area contributed by atoms with Gasteiger partial charge in [-0.15, -0.1) is 0 Å². The van der Waals surface area contributed by atoms with Crippen molar-refractivity contribution in [2.75, 3.05) is 19.7 Å². The lowest BCUT2D eigenvalue weighted by atomic mass is 9.84. The Kier molecular flexibility index (Phi) is 3.33. The average Bonchev–Trinajstić information content (AvgIpc) is 3.22. The maximum absolute atomic E-state index is 12.2. The molecular weight excluding hydrogens is 280 g/mol.